The Labute approximate surface area is 77.6 Å². The number of hydrogen-bond acceptors (Lipinski definition) is 3. The summed E-state index contributed by atoms with van der Waals surface area (Å²) >= 11 is 5.26. The summed E-state index contributed by atoms with van der Waals surface area (Å²) in [6, 6.07) is 0.657. The number of aromatic nitrogens is 1. The lowest BCUT2D eigenvalue weighted by atomic mass is 10.5. The molecule has 66 valence electrons. The Balaban J connectivity index is 3.33. The number of rotatable bonds is 1. The summed E-state index contributed by atoms with van der Waals surface area (Å²) in [4.78, 5) is 3.32. The van der Waals surface area contributed by atoms with Gasteiger partial charge in [-0.2, -0.15) is 0 Å². The molecule has 1 aromatic rings. The van der Waals surface area contributed by atoms with Gasteiger partial charge < -0.3 is 0 Å². The van der Waals surface area contributed by atoms with Crippen molar-refractivity contribution >= 4 is 31.3 Å². The summed E-state index contributed by atoms with van der Waals surface area (Å²) in [6.45, 7) is 0. The summed E-state index contributed by atoms with van der Waals surface area (Å²) in [5.41, 5.74) is 0. The van der Waals surface area contributed by atoms with E-state index in [-0.39, 0.29) is 5.02 Å². The Morgan fingerprint density at radius 1 is 1.50 bits per heavy atom. The third kappa shape index (κ3) is 2.06. The van der Waals surface area contributed by atoms with Crippen molar-refractivity contribution in [2.45, 2.75) is 5.03 Å². The molecule has 0 fully saturated rings. The van der Waals surface area contributed by atoms with E-state index >= 15 is 0 Å². The van der Waals surface area contributed by atoms with Crippen molar-refractivity contribution in [2.75, 3.05) is 0 Å². The number of pyridine rings is 1. The van der Waals surface area contributed by atoms with Crippen LogP contribution in [0.2, 0.25) is 5.02 Å². The van der Waals surface area contributed by atoms with Crippen molar-refractivity contribution in [1.82, 2.24) is 4.98 Å². The average Bonchev–Trinajstić information content (AvgIpc) is 1.92. The fraction of sp³-hybridized carbons (Fsp3) is 0. The zero-order valence-corrected chi connectivity index (χ0v) is 7.79. The Morgan fingerprint density at radius 3 is 2.50 bits per heavy atom. The van der Waals surface area contributed by atoms with E-state index in [2.05, 4.69) is 4.98 Å². The minimum atomic E-state index is -3.98. The van der Waals surface area contributed by atoms with Crippen molar-refractivity contribution < 1.29 is 12.8 Å². The lowest BCUT2D eigenvalue weighted by molar-refractivity contribution is 0.596. The minimum absolute atomic E-state index is 0.251. The molecule has 0 aromatic carbocycles. The first-order chi connectivity index (χ1) is 5.41. The van der Waals surface area contributed by atoms with Gasteiger partial charge in [-0.1, -0.05) is 11.6 Å². The molecule has 0 saturated heterocycles. The normalized spacial score (nSPS) is 11.6. The molecule has 0 spiro atoms. The molecule has 7 heteroatoms. The topological polar surface area (TPSA) is 47.0 Å². The van der Waals surface area contributed by atoms with E-state index in [0.29, 0.717) is 6.07 Å². The number of hydrogen-bond donors (Lipinski definition) is 0. The molecule has 1 rings (SSSR count). The fourth-order valence-electron chi connectivity index (χ4n) is 0.530. The first kappa shape index (κ1) is 9.70. The summed E-state index contributed by atoms with van der Waals surface area (Å²) in [5, 5.41) is -0.801. The Bertz CT molecular complexity index is 406. The maximum absolute atomic E-state index is 12.6. The van der Waals surface area contributed by atoms with E-state index in [1.807, 2.05) is 0 Å². The van der Waals surface area contributed by atoms with Crippen LogP contribution in [-0.2, 0) is 9.05 Å². The van der Waals surface area contributed by atoms with Gasteiger partial charge in [-0.15, -0.1) is 0 Å². The van der Waals surface area contributed by atoms with Crippen molar-refractivity contribution in [3.63, 3.8) is 0 Å². The highest BCUT2D eigenvalue weighted by Gasteiger charge is 2.13. The van der Waals surface area contributed by atoms with Gasteiger partial charge >= 0.3 is 0 Å². The van der Waals surface area contributed by atoms with Gasteiger partial charge in [-0.25, -0.2) is 17.8 Å². The maximum Gasteiger partial charge on any atom is 0.278 e. The Hall–Kier alpha value is -0.390. The summed E-state index contributed by atoms with van der Waals surface area (Å²) in [7, 11) is 0.903. The third-order valence-corrected chi connectivity index (χ3v) is 2.51. The van der Waals surface area contributed by atoms with Gasteiger partial charge in [0.15, 0.2) is 5.03 Å². The highest BCUT2D eigenvalue weighted by molar-refractivity contribution is 8.13. The van der Waals surface area contributed by atoms with Crippen LogP contribution >= 0.6 is 22.3 Å². The van der Waals surface area contributed by atoms with Crippen LogP contribution < -0.4 is 0 Å². The van der Waals surface area contributed by atoms with Crippen LogP contribution in [0.25, 0.3) is 0 Å². The van der Waals surface area contributed by atoms with Crippen LogP contribution in [0.15, 0.2) is 17.3 Å². The van der Waals surface area contributed by atoms with Crippen LogP contribution in [0.3, 0.4) is 0 Å². The van der Waals surface area contributed by atoms with Gasteiger partial charge in [0.2, 0.25) is 0 Å². The first-order valence-electron chi connectivity index (χ1n) is 2.67. The van der Waals surface area contributed by atoms with E-state index < -0.39 is 19.9 Å². The molecular weight excluding hydrogens is 228 g/mol. The van der Waals surface area contributed by atoms with Crippen LogP contribution in [0.1, 0.15) is 0 Å². The standard InChI is InChI=1S/C5H2Cl2FNO2S/c6-3-2-9-5(1-4(3)8)12(7,10)11/h1-2H. The quantitative estimate of drug-likeness (QED) is 0.691. The summed E-state index contributed by atoms with van der Waals surface area (Å²) in [5.74, 6) is -0.870. The van der Waals surface area contributed by atoms with E-state index in [4.69, 9.17) is 22.3 Å². The fourth-order valence-corrected chi connectivity index (χ4v) is 1.31. The van der Waals surface area contributed by atoms with Gasteiger partial charge in [0.05, 0.1) is 11.2 Å². The van der Waals surface area contributed by atoms with Crippen molar-refractivity contribution in [2.24, 2.45) is 0 Å². The molecular formula is C5H2Cl2FNO2S. The largest absolute Gasteiger partial charge is 0.278 e. The highest BCUT2D eigenvalue weighted by atomic mass is 35.7. The smallest absolute Gasteiger partial charge is 0.242 e. The summed E-state index contributed by atoms with van der Waals surface area (Å²) < 4.78 is 33.8. The molecule has 0 unspecified atom stereocenters. The number of nitrogens with zero attached hydrogens (tertiary/aromatic N) is 1. The predicted molar refractivity (Wildman–Crippen MR) is 42.2 cm³/mol. The second kappa shape index (κ2) is 3.16. The molecule has 1 heterocycles. The maximum atomic E-state index is 12.6. The second-order valence-corrected chi connectivity index (χ2v) is 4.79. The van der Waals surface area contributed by atoms with Gasteiger partial charge in [0, 0.05) is 16.7 Å². The molecule has 3 nitrogen and oxygen atoms in total. The van der Waals surface area contributed by atoms with E-state index in [0.717, 1.165) is 6.20 Å². The molecule has 0 bridgehead atoms. The molecule has 0 N–H and O–H groups in total. The van der Waals surface area contributed by atoms with E-state index in [1.165, 1.54) is 0 Å². The number of halogens is 3. The van der Waals surface area contributed by atoms with Gasteiger partial charge in [0.25, 0.3) is 9.05 Å². The zero-order valence-electron chi connectivity index (χ0n) is 5.46. The molecule has 0 aliphatic carbocycles. The van der Waals surface area contributed by atoms with Gasteiger partial charge in [0.1, 0.15) is 5.82 Å². The molecule has 0 aliphatic heterocycles. The molecule has 0 amide bonds. The van der Waals surface area contributed by atoms with E-state index in [9.17, 15) is 12.8 Å². The van der Waals surface area contributed by atoms with Crippen molar-refractivity contribution in [1.29, 1.82) is 0 Å². The van der Waals surface area contributed by atoms with Crippen LogP contribution in [0.5, 0.6) is 0 Å². The van der Waals surface area contributed by atoms with Gasteiger partial charge in [-0.3, -0.25) is 0 Å². The van der Waals surface area contributed by atoms with Gasteiger partial charge in [-0.05, 0) is 0 Å². The highest BCUT2D eigenvalue weighted by Crippen LogP contribution is 2.18. The monoisotopic (exact) mass is 229 g/mol. The molecule has 1 aromatic heterocycles. The third-order valence-electron chi connectivity index (χ3n) is 1.03. The Kier molecular flexibility index (Phi) is 2.55. The zero-order chi connectivity index (χ0) is 9.35. The van der Waals surface area contributed by atoms with Crippen molar-refractivity contribution in [3.05, 3.63) is 23.1 Å². The molecule has 0 aliphatic rings. The predicted octanol–water partition coefficient (Wildman–Crippen LogP) is 1.80. The minimum Gasteiger partial charge on any atom is -0.242 e. The van der Waals surface area contributed by atoms with Crippen LogP contribution in [0, 0.1) is 5.82 Å². The van der Waals surface area contributed by atoms with Crippen LogP contribution in [-0.4, -0.2) is 13.4 Å². The Morgan fingerprint density at radius 2 is 2.08 bits per heavy atom. The van der Waals surface area contributed by atoms with E-state index in [1.54, 1.807) is 0 Å². The molecule has 0 radical (unpaired) electrons. The average molecular weight is 230 g/mol. The molecule has 12 heavy (non-hydrogen) atoms. The SMILES string of the molecule is O=S(=O)(Cl)c1cc(F)c(Cl)cn1. The summed E-state index contributed by atoms with van der Waals surface area (Å²) in [6.07, 6.45) is 0.881. The second-order valence-electron chi connectivity index (χ2n) is 1.87. The van der Waals surface area contributed by atoms with Crippen molar-refractivity contribution in [3.8, 4) is 0 Å². The molecule has 0 saturated carbocycles. The lowest BCUT2D eigenvalue weighted by Gasteiger charge is -1.95. The molecule has 0 atom stereocenters. The van der Waals surface area contributed by atoms with Crippen LogP contribution in [0.4, 0.5) is 4.39 Å². The first-order valence-corrected chi connectivity index (χ1v) is 5.35. The lowest BCUT2D eigenvalue weighted by Crippen LogP contribution is -1.95.